The third-order valence-corrected chi connectivity index (χ3v) is 3.73. The topological polar surface area (TPSA) is 50.8 Å². The predicted molar refractivity (Wildman–Crippen MR) is 88.5 cm³/mol. The Morgan fingerprint density at radius 3 is 2.43 bits per heavy atom. The van der Waals surface area contributed by atoms with Crippen LogP contribution in [0.3, 0.4) is 0 Å². The van der Waals surface area contributed by atoms with E-state index in [1.165, 1.54) is 0 Å². The second-order valence-electron chi connectivity index (χ2n) is 5.32. The van der Waals surface area contributed by atoms with Gasteiger partial charge in [-0.2, -0.15) is 10.4 Å². The van der Waals surface area contributed by atoms with Crippen molar-refractivity contribution < 1.29 is 4.74 Å². The zero-order chi connectivity index (χ0) is 16.2. The highest BCUT2D eigenvalue weighted by molar-refractivity contribution is 5.43. The molecule has 0 fully saturated rings. The highest BCUT2D eigenvalue weighted by Crippen LogP contribution is 2.22. The Balaban J connectivity index is 1.98. The van der Waals surface area contributed by atoms with Crippen LogP contribution in [-0.2, 0) is 6.61 Å². The van der Waals surface area contributed by atoms with E-state index in [-0.39, 0.29) is 0 Å². The number of aromatic nitrogens is 2. The van der Waals surface area contributed by atoms with Crippen molar-refractivity contribution in [3.63, 3.8) is 0 Å². The lowest BCUT2D eigenvalue weighted by Crippen LogP contribution is -2.07. The summed E-state index contributed by atoms with van der Waals surface area (Å²) in [5, 5.41) is 14.0. The van der Waals surface area contributed by atoms with Crippen molar-refractivity contribution in [3.05, 3.63) is 77.1 Å². The Hall–Kier alpha value is -3.06. The first-order chi connectivity index (χ1) is 11.2. The van der Waals surface area contributed by atoms with Gasteiger partial charge in [-0.1, -0.05) is 36.4 Å². The van der Waals surface area contributed by atoms with Crippen molar-refractivity contribution in [2.75, 3.05) is 0 Å². The molecule has 4 nitrogen and oxygen atoms in total. The molecular weight excluding hydrogens is 286 g/mol. The monoisotopic (exact) mass is 303 g/mol. The molecule has 4 heteroatoms. The Morgan fingerprint density at radius 1 is 1.04 bits per heavy atom. The van der Waals surface area contributed by atoms with Gasteiger partial charge in [0.1, 0.15) is 24.0 Å². The fourth-order valence-electron chi connectivity index (χ4n) is 2.50. The fourth-order valence-corrected chi connectivity index (χ4v) is 2.50. The average Bonchev–Trinajstić information content (AvgIpc) is 2.90. The van der Waals surface area contributed by atoms with E-state index in [9.17, 15) is 5.26 Å². The molecule has 0 aliphatic carbocycles. The lowest BCUT2D eigenvalue weighted by Gasteiger charge is -2.11. The minimum Gasteiger partial charge on any atom is -0.487 e. The zero-order valence-electron chi connectivity index (χ0n) is 13.2. The van der Waals surface area contributed by atoms with Gasteiger partial charge in [-0.15, -0.1) is 0 Å². The molecule has 1 heterocycles. The third kappa shape index (κ3) is 2.95. The molecule has 3 aromatic rings. The van der Waals surface area contributed by atoms with E-state index in [2.05, 4.69) is 11.2 Å². The maximum Gasteiger partial charge on any atom is 0.132 e. The summed E-state index contributed by atoms with van der Waals surface area (Å²) in [4.78, 5) is 0. The Kier molecular flexibility index (Phi) is 4.11. The van der Waals surface area contributed by atoms with Crippen molar-refractivity contribution in [2.24, 2.45) is 0 Å². The molecule has 0 spiro atoms. The summed E-state index contributed by atoms with van der Waals surface area (Å²) in [5.74, 6) is 0.815. The van der Waals surface area contributed by atoms with Gasteiger partial charge in [0.2, 0.25) is 0 Å². The number of aryl methyl sites for hydroxylation is 2. The number of nitrogens with zero attached hydrogens (tertiary/aromatic N) is 3. The molecule has 0 aliphatic heterocycles. The number of ether oxygens (including phenoxy) is 1. The minimum atomic E-state index is 0.295. The Morgan fingerprint density at radius 2 is 1.74 bits per heavy atom. The van der Waals surface area contributed by atoms with Crippen molar-refractivity contribution in [3.8, 4) is 17.5 Å². The first-order valence-corrected chi connectivity index (χ1v) is 7.43. The molecule has 23 heavy (non-hydrogen) atoms. The van der Waals surface area contributed by atoms with Crippen LogP contribution in [0, 0.1) is 25.2 Å². The average molecular weight is 303 g/mol. The quantitative estimate of drug-likeness (QED) is 0.733. The first-order valence-electron chi connectivity index (χ1n) is 7.43. The van der Waals surface area contributed by atoms with E-state index in [1.54, 1.807) is 4.68 Å². The van der Waals surface area contributed by atoms with Crippen LogP contribution in [0.5, 0.6) is 5.75 Å². The predicted octanol–water partition coefficient (Wildman–Crippen LogP) is 3.94. The molecular formula is C19H17N3O. The lowest BCUT2D eigenvalue weighted by atomic mass is 10.2. The molecule has 0 saturated heterocycles. The standard InChI is InChI=1S/C19H17N3O/c1-14-8-6-7-11-19(14)23-13-18-17(12-20)15(2)21-22(18)16-9-4-3-5-10-16/h3-11H,13H2,1-2H3. The van der Waals surface area contributed by atoms with Gasteiger partial charge in [0.15, 0.2) is 0 Å². The molecule has 0 radical (unpaired) electrons. The third-order valence-electron chi connectivity index (χ3n) is 3.73. The van der Waals surface area contributed by atoms with E-state index in [0.29, 0.717) is 17.9 Å². The molecule has 0 N–H and O–H groups in total. The fraction of sp³-hybridized carbons (Fsp3) is 0.158. The number of para-hydroxylation sites is 2. The minimum absolute atomic E-state index is 0.295. The maximum absolute atomic E-state index is 9.45. The molecule has 0 saturated carbocycles. The largest absolute Gasteiger partial charge is 0.487 e. The molecule has 2 aromatic carbocycles. The Labute approximate surface area is 135 Å². The normalized spacial score (nSPS) is 10.3. The second kappa shape index (κ2) is 6.37. The number of hydrogen-bond acceptors (Lipinski definition) is 3. The van der Waals surface area contributed by atoms with Gasteiger partial charge in [0.25, 0.3) is 0 Å². The number of rotatable bonds is 4. The van der Waals surface area contributed by atoms with Crippen LogP contribution >= 0.6 is 0 Å². The van der Waals surface area contributed by atoms with Crippen molar-refractivity contribution >= 4 is 0 Å². The van der Waals surface area contributed by atoms with Gasteiger partial charge in [0.05, 0.1) is 17.1 Å². The maximum atomic E-state index is 9.45. The molecule has 0 bridgehead atoms. The first kappa shape index (κ1) is 14.9. The van der Waals surface area contributed by atoms with Gasteiger partial charge < -0.3 is 4.74 Å². The van der Waals surface area contributed by atoms with Gasteiger partial charge in [-0.05, 0) is 37.6 Å². The van der Waals surface area contributed by atoms with Crippen LogP contribution in [0.1, 0.15) is 22.5 Å². The summed E-state index contributed by atoms with van der Waals surface area (Å²) in [6, 6.07) is 19.9. The second-order valence-corrected chi connectivity index (χ2v) is 5.32. The van der Waals surface area contributed by atoms with Crippen LogP contribution in [0.25, 0.3) is 5.69 Å². The van der Waals surface area contributed by atoms with E-state index < -0.39 is 0 Å². The smallest absolute Gasteiger partial charge is 0.132 e. The van der Waals surface area contributed by atoms with Crippen LogP contribution in [-0.4, -0.2) is 9.78 Å². The molecule has 0 atom stereocenters. The van der Waals surface area contributed by atoms with Crippen LogP contribution in [0.15, 0.2) is 54.6 Å². The Bertz CT molecular complexity index is 860. The van der Waals surface area contributed by atoms with E-state index in [4.69, 9.17) is 4.74 Å². The summed E-state index contributed by atoms with van der Waals surface area (Å²) < 4.78 is 7.71. The van der Waals surface area contributed by atoms with Gasteiger partial charge in [-0.3, -0.25) is 0 Å². The molecule has 0 amide bonds. The molecule has 3 rings (SSSR count). The van der Waals surface area contributed by atoms with Gasteiger partial charge in [0, 0.05) is 0 Å². The lowest BCUT2D eigenvalue weighted by molar-refractivity contribution is 0.295. The number of benzene rings is 2. The van der Waals surface area contributed by atoms with Crippen molar-refractivity contribution in [2.45, 2.75) is 20.5 Å². The van der Waals surface area contributed by atoms with E-state index in [0.717, 1.165) is 22.7 Å². The van der Waals surface area contributed by atoms with E-state index in [1.807, 2.05) is 68.4 Å². The molecule has 0 unspecified atom stereocenters. The van der Waals surface area contributed by atoms with Crippen LogP contribution in [0.2, 0.25) is 0 Å². The number of nitriles is 1. The van der Waals surface area contributed by atoms with Gasteiger partial charge in [-0.25, -0.2) is 4.68 Å². The van der Waals surface area contributed by atoms with E-state index >= 15 is 0 Å². The van der Waals surface area contributed by atoms with Crippen molar-refractivity contribution in [1.29, 1.82) is 5.26 Å². The van der Waals surface area contributed by atoms with Gasteiger partial charge >= 0.3 is 0 Å². The van der Waals surface area contributed by atoms with Crippen LogP contribution < -0.4 is 4.74 Å². The highest BCUT2D eigenvalue weighted by Gasteiger charge is 2.17. The summed E-state index contributed by atoms with van der Waals surface area (Å²) >= 11 is 0. The summed E-state index contributed by atoms with van der Waals surface area (Å²) in [6.45, 7) is 4.14. The van der Waals surface area contributed by atoms with Crippen molar-refractivity contribution in [1.82, 2.24) is 9.78 Å². The molecule has 1 aromatic heterocycles. The zero-order valence-corrected chi connectivity index (χ0v) is 13.2. The SMILES string of the molecule is Cc1ccccc1OCc1c(C#N)c(C)nn1-c1ccccc1. The highest BCUT2D eigenvalue weighted by atomic mass is 16.5. The number of hydrogen-bond donors (Lipinski definition) is 0. The molecule has 114 valence electrons. The summed E-state index contributed by atoms with van der Waals surface area (Å²) in [5.41, 5.74) is 4.02. The summed E-state index contributed by atoms with van der Waals surface area (Å²) in [6.07, 6.45) is 0. The molecule has 0 aliphatic rings. The summed E-state index contributed by atoms with van der Waals surface area (Å²) in [7, 11) is 0. The van der Waals surface area contributed by atoms with Crippen LogP contribution in [0.4, 0.5) is 0 Å².